The Hall–Kier alpha value is -1.75. The summed E-state index contributed by atoms with van der Waals surface area (Å²) in [6.07, 6.45) is 2.91. The second-order valence-corrected chi connectivity index (χ2v) is 4.77. The molecular formula is C13H14FN3O. The first-order valence-corrected chi connectivity index (χ1v) is 5.93. The molecule has 1 aliphatic carbocycles. The summed E-state index contributed by atoms with van der Waals surface area (Å²) in [6, 6.07) is 4.87. The maximum atomic E-state index is 13.6. The molecule has 0 aliphatic heterocycles. The number of hydrogen-bond acceptors (Lipinski definition) is 3. The summed E-state index contributed by atoms with van der Waals surface area (Å²) in [4.78, 5) is 4.12. The smallest absolute Gasteiger partial charge is 0.138 e. The summed E-state index contributed by atoms with van der Waals surface area (Å²) in [5.74, 6) is 0.469. The third kappa shape index (κ3) is 1.62. The molecule has 3 rings (SSSR count). The lowest BCUT2D eigenvalue weighted by atomic mass is 9.92. The van der Waals surface area contributed by atoms with Gasteiger partial charge in [0.15, 0.2) is 0 Å². The Morgan fingerprint density at radius 1 is 1.50 bits per heavy atom. The molecule has 0 bridgehead atoms. The van der Waals surface area contributed by atoms with Gasteiger partial charge in [-0.2, -0.15) is 5.10 Å². The molecule has 1 N–H and O–H groups in total. The molecule has 1 unspecified atom stereocenters. The van der Waals surface area contributed by atoms with Crippen molar-refractivity contribution < 1.29 is 9.50 Å². The minimum Gasteiger partial charge on any atom is -0.385 e. The summed E-state index contributed by atoms with van der Waals surface area (Å²) in [5, 5.41) is 14.7. The zero-order valence-electron chi connectivity index (χ0n) is 10.1. The lowest BCUT2D eigenvalue weighted by Crippen LogP contribution is -2.27. The van der Waals surface area contributed by atoms with E-state index in [0.717, 1.165) is 0 Å². The predicted octanol–water partition coefficient (Wildman–Crippen LogP) is 1.33. The molecule has 0 amide bonds. The van der Waals surface area contributed by atoms with Crippen molar-refractivity contribution in [1.82, 2.24) is 14.8 Å². The third-order valence-corrected chi connectivity index (χ3v) is 3.66. The van der Waals surface area contributed by atoms with Gasteiger partial charge in [-0.15, -0.1) is 0 Å². The fraction of sp³-hybridized carbons (Fsp3) is 0.385. The molecule has 5 heteroatoms. The van der Waals surface area contributed by atoms with Crippen LogP contribution in [0.4, 0.5) is 4.39 Å². The number of rotatable bonds is 2. The van der Waals surface area contributed by atoms with E-state index in [9.17, 15) is 9.50 Å². The zero-order chi connectivity index (χ0) is 12.8. The van der Waals surface area contributed by atoms with Crippen molar-refractivity contribution in [3.8, 4) is 0 Å². The van der Waals surface area contributed by atoms with Crippen LogP contribution in [-0.2, 0) is 25.5 Å². The van der Waals surface area contributed by atoms with Crippen LogP contribution in [0.25, 0.3) is 0 Å². The molecule has 0 saturated carbocycles. The number of nitrogens with zero attached hydrogens (tertiary/aromatic N) is 3. The van der Waals surface area contributed by atoms with Crippen LogP contribution in [0, 0.1) is 5.82 Å². The Bertz CT molecular complexity index is 596. The highest BCUT2D eigenvalue weighted by Crippen LogP contribution is 2.39. The molecule has 0 fully saturated rings. The number of benzene rings is 1. The van der Waals surface area contributed by atoms with E-state index in [1.165, 1.54) is 12.4 Å². The highest BCUT2D eigenvalue weighted by atomic mass is 19.1. The lowest BCUT2D eigenvalue weighted by molar-refractivity contribution is 0.0360. The van der Waals surface area contributed by atoms with Gasteiger partial charge in [0.1, 0.15) is 18.0 Å². The van der Waals surface area contributed by atoms with Crippen molar-refractivity contribution in [1.29, 1.82) is 0 Å². The van der Waals surface area contributed by atoms with Gasteiger partial charge < -0.3 is 5.11 Å². The first kappa shape index (κ1) is 11.3. The molecular weight excluding hydrogens is 233 g/mol. The number of halogens is 1. The highest BCUT2D eigenvalue weighted by molar-refractivity contribution is 5.38. The molecule has 1 heterocycles. The molecule has 0 radical (unpaired) electrons. The normalized spacial score (nSPS) is 22.2. The Kier molecular flexibility index (Phi) is 2.45. The van der Waals surface area contributed by atoms with Crippen molar-refractivity contribution in [2.45, 2.75) is 24.9 Å². The quantitative estimate of drug-likeness (QED) is 0.871. The van der Waals surface area contributed by atoms with Gasteiger partial charge >= 0.3 is 0 Å². The second kappa shape index (κ2) is 3.88. The Morgan fingerprint density at radius 3 is 3.06 bits per heavy atom. The first-order chi connectivity index (χ1) is 8.60. The molecule has 2 aromatic rings. The van der Waals surface area contributed by atoms with Crippen LogP contribution in [-0.4, -0.2) is 19.9 Å². The van der Waals surface area contributed by atoms with E-state index >= 15 is 0 Å². The summed E-state index contributed by atoms with van der Waals surface area (Å²) < 4.78 is 15.3. The monoisotopic (exact) mass is 247 g/mol. The fourth-order valence-electron chi connectivity index (χ4n) is 2.64. The van der Waals surface area contributed by atoms with E-state index in [1.54, 1.807) is 23.9 Å². The van der Waals surface area contributed by atoms with E-state index in [1.807, 2.05) is 0 Å². The Morgan fingerprint density at radius 2 is 2.33 bits per heavy atom. The van der Waals surface area contributed by atoms with Gasteiger partial charge in [-0.05, 0) is 30.0 Å². The van der Waals surface area contributed by atoms with E-state index in [4.69, 9.17) is 0 Å². The van der Waals surface area contributed by atoms with Crippen molar-refractivity contribution in [3.63, 3.8) is 0 Å². The van der Waals surface area contributed by atoms with Crippen molar-refractivity contribution in [2.24, 2.45) is 7.05 Å². The summed E-state index contributed by atoms with van der Waals surface area (Å²) in [7, 11) is 1.78. The number of fused-ring (bicyclic) bond motifs is 1. The van der Waals surface area contributed by atoms with Crippen molar-refractivity contribution in [3.05, 3.63) is 47.3 Å². The Balaban J connectivity index is 1.99. The van der Waals surface area contributed by atoms with Crippen LogP contribution in [0.2, 0.25) is 0 Å². The van der Waals surface area contributed by atoms with Crippen LogP contribution in [0.15, 0.2) is 24.5 Å². The number of hydrogen-bond donors (Lipinski definition) is 1. The van der Waals surface area contributed by atoms with E-state index in [0.29, 0.717) is 36.2 Å². The molecule has 1 aromatic carbocycles. The fourth-order valence-corrected chi connectivity index (χ4v) is 2.64. The summed E-state index contributed by atoms with van der Waals surface area (Å²) in [5.41, 5.74) is 0.283. The van der Waals surface area contributed by atoms with Gasteiger partial charge in [-0.25, -0.2) is 9.37 Å². The summed E-state index contributed by atoms with van der Waals surface area (Å²) in [6.45, 7) is 0. The van der Waals surface area contributed by atoms with E-state index < -0.39 is 5.60 Å². The van der Waals surface area contributed by atoms with Gasteiger partial charge in [0.25, 0.3) is 0 Å². The van der Waals surface area contributed by atoms with Gasteiger partial charge in [0.2, 0.25) is 0 Å². The van der Waals surface area contributed by atoms with Crippen molar-refractivity contribution >= 4 is 0 Å². The molecule has 18 heavy (non-hydrogen) atoms. The Labute approximate surface area is 104 Å². The SMILES string of the molecule is Cn1ncnc1CC1(O)CCc2c(F)cccc21. The summed E-state index contributed by atoms with van der Waals surface area (Å²) >= 11 is 0. The average molecular weight is 247 g/mol. The maximum absolute atomic E-state index is 13.6. The standard InChI is InChI=1S/C13H14FN3O/c1-17-12(15-8-16-17)7-13(18)6-5-9-10(13)3-2-4-11(9)14/h2-4,8,18H,5-7H2,1H3. The van der Waals surface area contributed by atoms with Crippen LogP contribution < -0.4 is 0 Å². The van der Waals surface area contributed by atoms with Crippen LogP contribution in [0.3, 0.4) is 0 Å². The third-order valence-electron chi connectivity index (χ3n) is 3.66. The molecule has 1 atom stereocenters. The maximum Gasteiger partial charge on any atom is 0.138 e. The van der Waals surface area contributed by atoms with Crippen LogP contribution >= 0.6 is 0 Å². The highest BCUT2D eigenvalue weighted by Gasteiger charge is 2.39. The average Bonchev–Trinajstić information content (AvgIpc) is 2.87. The van der Waals surface area contributed by atoms with Gasteiger partial charge in [-0.1, -0.05) is 12.1 Å². The molecule has 0 saturated heterocycles. The molecule has 1 aromatic heterocycles. The van der Waals surface area contributed by atoms with Crippen molar-refractivity contribution in [2.75, 3.05) is 0 Å². The topological polar surface area (TPSA) is 50.9 Å². The minimum absolute atomic E-state index is 0.235. The van der Waals surface area contributed by atoms with Gasteiger partial charge in [0, 0.05) is 13.5 Å². The van der Waals surface area contributed by atoms with E-state index in [2.05, 4.69) is 10.1 Å². The van der Waals surface area contributed by atoms with Gasteiger partial charge in [0.05, 0.1) is 5.60 Å². The lowest BCUT2D eigenvalue weighted by Gasteiger charge is -2.23. The molecule has 4 nitrogen and oxygen atoms in total. The number of aromatic nitrogens is 3. The molecule has 0 spiro atoms. The van der Waals surface area contributed by atoms with Gasteiger partial charge in [-0.3, -0.25) is 4.68 Å². The number of aryl methyl sites for hydroxylation is 1. The van der Waals surface area contributed by atoms with Crippen LogP contribution in [0.1, 0.15) is 23.4 Å². The first-order valence-electron chi connectivity index (χ1n) is 5.93. The minimum atomic E-state index is -1.03. The molecule has 1 aliphatic rings. The predicted molar refractivity (Wildman–Crippen MR) is 63.3 cm³/mol. The zero-order valence-corrected chi connectivity index (χ0v) is 10.1. The van der Waals surface area contributed by atoms with E-state index in [-0.39, 0.29) is 5.82 Å². The molecule has 94 valence electrons. The van der Waals surface area contributed by atoms with Crippen LogP contribution in [0.5, 0.6) is 0 Å². The second-order valence-electron chi connectivity index (χ2n) is 4.77. The number of aliphatic hydroxyl groups is 1. The largest absolute Gasteiger partial charge is 0.385 e.